The summed E-state index contributed by atoms with van der Waals surface area (Å²) in [5.74, 6) is 0.0958. The highest BCUT2D eigenvalue weighted by Crippen LogP contribution is 2.26. The standard InChI is InChI=1S/C16H15N3O/c1-10-9-12(7-8-17-10)11(2)15-13-5-3-4-6-14(13)16(20)19-18-15/h3-9,11H,1-2H3,(H,19,20). The van der Waals surface area contributed by atoms with E-state index in [0.29, 0.717) is 5.39 Å². The lowest BCUT2D eigenvalue weighted by atomic mass is 9.94. The molecule has 0 bridgehead atoms. The van der Waals surface area contributed by atoms with E-state index in [2.05, 4.69) is 22.1 Å². The molecule has 0 amide bonds. The van der Waals surface area contributed by atoms with Crippen LogP contribution in [-0.2, 0) is 0 Å². The predicted octanol–water partition coefficient (Wildman–Crippen LogP) is 2.78. The molecular weight excluding hydrogens is 250 g/mol. The topological polar surface area (TPSA) is 58.6 Å². The Hall–Kier alpha value is -2.49. The molecule has 0 radical (unpaired) electrons. The van der Waals surface area contributed by atoms with Gasteiger partial charge in [-0.1, -0.05) is 25.1 Å². The first kappa shape index (κ1) is 12.5. The molecule has 2 aromatic heterocycles. The van der Waals surface area contributed by atoms with Gasteiger partial charge in [-0.15, -0.1) is 0 Å². The van der Waals surface area contributed by atoms with Crippen LogP contribution in [0.5, 0.6) is 0 Å². The van der Waals surface area contributed by atoms with Gasteiger partial charge in [0.2, 0.25) is 0 Å². The zero-order valence-corrected chi connectivity index (χ0v) is 11.4. The van der Waals surface area contributed by atoms with Gasteiger partial charge in [0.25, 0.3) is 5.56 Å². The SMILES string of the molecule is Cc1cc(C(C)c2n[nH]c(=O)c3ccccc23)ccn1. The molecule has 1 atom stereocenters. The molecule has 100 valence electrons. The second-order valence-electron chi connectivity index (χ2n) is 4.94. The van der Waals surface area contributed by atoms with Crippen molar-refractivity contribution in [3.63, 3.8) is 0 Å². The molecule has 3 aromatic rings. The first-order valence-electron chi connectivity index (χ1n) is 6.56. The lowest BCUT2D eigenvalue weighted by Crippen LogP contribution is -2.13. The van der Waals surface area contributed by atoms with Crippen LogP contribution in [0.2, 0.25) is 0 Å². The number of pyridine rings is 1. The van der Waals surface area contributed by atoms with Crippen LogP contribution in [0.3, 0.4) is 0 Å². The number of benzene rings is 1. The van der Waals surface area contributed by atoms with Crippen molar-refractivity contribution in [2.24, 2.45) is 0 Å². The molecular formula is C16H15N3O. The van der Waals surface area contributed by atoms with Crippen LogP contribution in [0, 0.1) is 6.92 Å². The Morgan fingerprint density at radius 1 is 1.15 bits per heavy atom. The van der Waals surface area contributed by atoms with Gasteiger partial charge in [-0.3, -0.25) is 9.78 Å². The maximum atomic E-state index is 11.8. The second-order valence-corrected chi connectivity index (χ2v) is 4.94. The molecule has 4 heteroatoms. The summed E-state index contributed by atoms with van der Waals surface area (Å²) < 4.78 is 0. The Bertz CT molecular complexity index is 823. The summed E-state index contributed by atoms with van der Waals surface area (Å²) in [4.78, 5) is 16.0. The Balaban J connectivity index is 2.20. The van der Waals surface area contributed by atoms with Gasteiger partial charge in [0.15, 0.2) is 0 Å². The summed E-state index contributed by atoms with van der Waals surface area (Å²) in [6.45, 7) is 4.05. The minimum Gasteiger partial charge on any atom is -0.267 e. The van der Waals surface area contributed by atoms with E-state index in [9.17, 15) is 4.79 Å². The Morgan fingerprint density at radius 2 is 1.90 bits per heavy atom. The first-order chi connectivity index (χ1) is 9.66. The normalized spacial score (nSPS) is 12.5. The Labute approximate surface area is 116 Å². The number of nitrogens with zero attached hydrogens (tertiary/aromatic N) is 2. The summed E-state index contributed by atoms with van der Waals surface area (Å²) in [6.07, 6.45) is 1.80. The number of H-pyrrole nitrogens is 1. The van der Waals surface area contributed by atoms with Crippen molar-refractivity contribution >= 4 is 10.8 Å². The number of aromatic amines is 1. The third-order valence-electron chi connectivity index (χ3n) is 3.56. The number of nitrogens with one attached hydrogen (secondary N) is 1. The lowest BCUT2D eigenvalue weighted by Gasteiger charge is -2.13. The molecule has 2 heterocycles. The maximum absolute atomic E-state index is 11.8. The van der Waals surface area contributed by atoms with Gasteiger partial charge in [-0.25, -0.2) is 5.10 Å². The predicted molar refractivity (Wildman–Crippen MR) is 78.9 cm³/mol. The number of aryl methyl sites for hydroxylation is 1. The van der Waals surface area contributed by atoms with Crippen LogP contribution < -0.4 is 5.56 Å². The molecule has 0 aliphatic carbocycles. The molecule has 0 fully saturated rings. The molecule has 0 aliphatic heterocycles. The number of hydrogen-bond donors (Lipinski definition) is 1. The highest BCUT2D eigenvalue weighted by Gasteiger charge is 2.15. The van der Waals surface area contributed by atoms with Gasteiger partial charge < -0.3 is 0 Å². The first-order valence-corrected chi connectivity index (χ1v) is 6.56. The molecule has 0 saturated carbocycles. The van der Waals surface area contributed by atoms with Crippen LogP contribution in [0.1, 0.15) is 29.8 Å². The van der Waals surface area contributed by atoms with E-state index >= 15 is 0 Å². The summed E-state index contributed by atoms with van der Waals surface area (Å²) in [7, 11) is 0. The highest BCUT2D eigenvalue weighted by molar-refractivity contribution is 5.84. The van der Waals surface area contributed by atoms with Gasteiger partial charge >= 0.3 is 0 Å². The zero-order chi connectivity index (χ0) is 14.1. The van der Waals surface area contributed by atoms with Gasteiger partial charge in [-0.2, -0.15) is 5.10 Å². The fourth-order valence-electron chi connectivity index (χ4n) is 2.46. The lowest BCUT2D eigenvalue weighted by molar-refractivity contribution is 0.825. The summed E-state index contributed by atoms with van der Waals surface area (Å²) in [5.41, 5.74) is 2.85. The van der Waals surface area contributed by atoms with E-state index in [1.54, 1.807) is 6.20 Å². The molecule has 0 saturated heterocycles. The van der Waals surface area contributed by atoms with Gasteiger partial charge in [-0.05, 0) is 30.7 Å². The zero-order valence-electron chi connectivity index (χ0n) is 11.4. The van der Waals surface area contributed by atoms with E-state index < -0.39 is 0 Å². The van der Waals surface area contributed by atoms with E-state index in [-0.39, 0.29) is 11.5 Å². The van der Waals surface area contributed by atoms with Crippen LogP contribution in [0.15, 0.2) is 47.4 Å². The Kier molecular flexibility index (Phi) is 3.06. The summed E-state index contributed by atoms with van der Waals surface area (Å²) in [5, 5.41) is 8.42. The van der Waals surface area contributed by atoms with Crippen molar-refractivity contribution in [1.82, 2.24) is 15.2 Å². The molecule has 3 rings (SSSR count). The average Bonchev–Trinajstić information content (AvgIpc) is 2.47. The molecule has 1 unspecified atom stereocenters. The summed E-state index contributed by atoms with van der Waals surface area (Å²) in [6, 6.07) is 11.6. The van der Waals surface area contributed by atoms with Crippen LogP contribution in [0.25, 0.3) is 10.8 Å². The molecule has 0 aliphatic rings. The largest absolute Gasteiger partial charge is 0.272 e. The molecule has 1 aromatic carbocycles. The minimum absolute atomic E-state index is 0.0958. The van der Waals surface area contributed by atoms with Crippen molar-refractivity contribution in [1.29, 1.82) is 0 Å². The second kappa shape index (κ2) is 4.89. The van der Waals surface area contributed by atoms with Crippen LogP contribution in [-0.4, -0.2) is 15.2 Å². The van der Waals surface area contributed by atoms with E-state index in [1.807, 2.05) is 43.3 Å². The van der Waals surface area contributed by atoms with E-state index in [1.165, 1.54) is 0 Å². The molecule has 1 N–H and O–H groups in total. The number of rotatable bonds is 2. The van der Waals surface area contributed by atoms with E-state index in [0.717, 1.165) is 22.3 Å². The number of aromatic nitrogens is 3. The van der Waals surface area contributed by atoms with Crippen molar-refractivity contribution < 1.29 is 0 Å². The number of hydrogen-bond acceptors (Lipinski definition) is 3. The van der Waals surface area contributed by atoms with Crippen LogP contribution in [0.4, 0.5) is 0 Å². The molecule has 4 nitrogen and oxygen atoms in total. The van der Waals surface area contributed by atoms with Crippen molar-refractivity contribution in [2.75, 3.05) is 0 Å². The fraction of sp³-hybridized carbons (Fsp3) is 0.188. The molecule has 0 spiro atoms. The monoisotopic (exact) mass is 265 g/mol. The average molecular weight is 265 g/mol. The fourth-order valence-corrected chi connectivity index (χ4v) is 2.46. The third kappa shape index (κ3) is 2.09. The highest BCUT2D eigenvalue weighted by atomic mass is 16.1. The van der Waals surface area contributed by atoms with Crippen molar-refractivity contribution in [2.45, 2.75) is 19.8 Å². The van der Waals surface area contributed by atoms with Crippen LogP contribution >= 0.6 is 0 Å². The minimum atomic E-state index is -0.151. The van der Waals surface area contributed by atoms with Crippen molar-refractivity contribution in [3.05, 3.63) is 69.9 Å². The maximum Gasteiger partial charge on any atom is 0.272 e. The molecule has 20 heavy (non-hydrogen) atoms. The Morgan fingerprint density at radius 3 is 2.65 bits per heavy atom. The summed E-state index contributed by atoms with van der Waals surface area (Å²) >= 11 is 0. The third-order valence-corrected chi connectivity index (χ3v) is 3.56. The smallest absolute Gasteiger partial charge is 0.267 e. The number of fused-ring (bicyclic) bond motifs is 1. The van der Waals surface area contributed by atoms with Gasteiger partial charge in [0.05, 0.1) is 11.1 Å². The van der Waals surface area contributed by atoms with Gasteiger partial charge in [0, 0.05) is 23.2 Å². The quantitative estimate of drug-likeness (QED) is 0.775. The van der Waals surface area contributed by atoms with Crippen molar-refractivity contribution in [3.8, 4) is 0 Å². The van der Waals surface area contributed by atoms with E-state index in [4.69, 9.17) is 0 Å². The van der Waals surface area contributed by atoms with Gasteiger partial charge in [0.1, 0.15) is 0 Å².